The summed E-state index contributed by atoms with van der Waals surface area (Å²) in [6.45, 7) is 0. The molecule has 0 fully saturated rings. The van der Waals surface area contributed by atoms with Crippen LogP contribution in [0.5, 0.6) is 11.5 Å². The van der Waals surface area contributed by atoms with E-state index >= 15 is 0 Å². The molecule has 1 aromatic rings. The van der Waals surface area contributed by atoms with Gasteiger partial charge in [0.05, 0.1) is 12.7 Å². The van der Waals surface area contributed by atoms with Gasteiger partial charge in [0.15, 0.2) is 5.75 Å². The Kier molecular flexibility index (Phi) is 3.66. The summed E-state index contributed by atoms with van der Waals surface area (Å²) in [4.78, 5) is 11.3. The van der Waals surface area contributed by atoms with Crippen LogP contribution in [0.4, 0.5) is 13.2 Å². The first kappa shape index (κ1) is 13.6. The first-order valence-electron chi connectivity index (χ1n) is 4.40. The number of hydrogen-bond acceptors (Lipinski definition) is 5. The minimum absolute atomic E-state index is 0.370. The van der Waals surface area contributed by atoms with Crippen molar-refractivity contribution >= 4 is 5.97 Å². The smallest absolute Gasteiger partial charge is 0.506 e. The van der Waals surface area contributed by atoms with Crippen molar-refractivity contribution in [3.63, 3.8) is 0 Å². The van der Waals surface area contributed by atoms with Crippen molar-refractivity contribution in [2.24, 2.45) is 0 Å². The molecule has 0 aromatic heterocycles. The van der Waals surface area contributed by atoms with Gasteiger partial charge in [-0.2, -0.15) is 5.26 Å². The molecule has 0 atom stereocenters. The molecule has 0 bridgehead atoms. The SMILES string of the molecule is COC(=O)c1c(OC(F)(F)F)ccc(C#N)c1O. The summed E-state index contributed by atoms with van der Waals surface area (Å²) in [5.74, 6) is -3.11. The van der Waals surface area contributed by atoms with Gasteiger partial charge in [-0.15, -0.1) is 13.2 Å². The molecule has 18 heavy (non-hydrogen) atoms. The van der Waals surface area contributed by atoms with Gasteiger partial charge in [0.25, 0.3) is 0 Å². The van der Waals surface area contributed by atoms with Crippen molar-refractivity contribution in [2.75, 3.05) is 7.11 Å². The van der Waals surface area contributed by atoms with Crippen LogP contribution in [0.15, 0.2) is 12.1 Å². The molecule has 0 saturated carbocycles. The van der Waals surface area contributed by atoms with Gasteiger partial charge in [-0.25, -0.2) is 4.79 Å². The maximum absolute atomic E-state index is 12.1. The molecule has 8 heteroatoms. The first-order chi connectivity index (χ1) is 8.30. The Balaban J connectivity index is 3.40. The Morgan fingerprint density at radius 2 is 2.06 bits per heavy atom. The van der Waals surface area contributed by atoms with Crippen molar-refractivity contribution in [1.82, 2.24) is 0 Å². The molecular formula is C10H6F3NO4. The van der Waals surface area contributed by atoms with Gasteiger partial charge in [0.1, 0.15) is 17.4 Å². The fourth-order valence-electron chi connectivity index (χ4n) is 1.17. The normalized spacial score (nSPS) is 10.6. The van der Waals surface area contributed by atoms with Crippen LogP contribution in [0.25, 0.3) is 0 Å². The Labute approximate surface area is 99.0 Å². The molecule has 0 aliphatic heterocycles. The van der Waals surface area contributed by atoms with E-state index in [9.17, 15) is 23.1 Å². The number of hydrogen-bond donors (Lipinski definition) is 1. The summed E-state index contributed by atoms with van der Waals surface area (Å²) in [5.41, 5.74) is -1.22. The molecule has 0 heterocycles. The van der Waals surface area contributed by atoms with Gasteiger partial charge in [0, 0.05) is 0 Å². The van der Waals surface area contributed by atoms with E-state index in [2.05, 4.69) is 9.47 Å². The van der Waals surface area contributed by atoms with E-state index in [4.69, 9.17) is 5.26 Å². The molecule has 5 nitrogen and oxygen atoms in total. The zero-order valence-corrected chi connectivity index (χ0v) is 8.91. The number of rotatable bonds is 2. The lowest BCUT2D eigenvalue weighted by Crippen LogP contribution is -2.19. The fraction of sp³-hybridized carbons (Fsp3) is 0.200. The summed E-state index contributed by atoms with van der Waals surface area (Å²) < 4.78 is 44.0. The Morgan fingerprint density at radius 1 is 1.44 bits per heavy atom. The predicted octanol–water partition coefficient (Wildman–Crippen LogP) is 1.95. The van der Waals surface area contributed by atoms with Crippen molar-refractivity contribution in [3.8, 4) is 17.6 Å². The standard InChI is InChI=1S/C10H6F3NO4/c1-17-9(16)7-6(18-10(11,12)13)3-2-5(4-14)8(7)15/h2-3,15H,1H3. The zero-order valence-electron chi connectivity index (χ0n) is 8.91. The number of aromatic hydroxyl groups is 1. The highest BCUT2D eigenvalue weighted by molar-refractivity contribution is 5.96. The lowest BCUT2D eigenvalue weighted by molar-refractivity contribution is -0.274. The van der Waals surface area contributed by atoms with Gasteiger partial charge in [-0.05, 0) is 12.1 Å². The zero-order chi connectivity index (χ0) is 13.9. The van der Waals surface area contributed by atoms with Crippen molar-refractivity contribution in [2.45, 2.75) is 6.36 Å². The molecule has 96 valence electrons. The van der Waals surface area contributed by atoms with Crippen molar-refractivity contribution in [1.29, 1.82) is 5.26 Å². The second-order valence-electron chi connectivity index (χ2n) is 2.99. The van der Waals surface area contributed by atoms with Crippen LogP contribution in [0.2, 0.25) is 0 Å². The molecule has 0 amide bonds. The summed E-state index contributed by atoms with van der Waals surface area (Å²) >= 11 is 0. The van der Waals surface area contributed by atoms with E-state index in [1.165, 1.54) is 6.07 Å². The van der Waals surface area contributed by atoms with Crippen LogP contribution in [-0.2, 0) is 4.74 Å². The van der Waals surface area contributed by atoms with Gasteiger partial charge in [-0.3, -0.25) is 0 Å². The largest absolute Gasteiger partial charge is 0.573 e. The summed E-state index contributed by atoms with van der Waals surface area (Å²) in [6.07, 6.45) is -5.04. The number of nitriles is 1. The lowest BCUT2D eigenvalue weighted by Gasteiger charge is -2.13. The molecule has 0 aliphatic rings. The number of ether oxygens (including phenoxy) is 2. The second kappa shape index (κ2) is 4.83. The molecule has 1 rings (SSSR count). The van der Waals surface area contributed by atoms with Gasteiger partial charge in [-0.1, -0.05) is 0 Å². The maximum atomic E-state index is 12.1. The van der Waals surface area contributed by atoms with E-state index in [-0.39, 0.29) is 5.56 Å². The quantitative estimate of drug-likeness (QED) is 0.823. The third-order valence-corrected chi connectivity index (χ3v) is 1.88. The van der Waals surface area contributed by atoms with Gasteiger partial charge < -0.3 is 14.6 Å². The van der Waals surface area contributed by atoms with E-state index in [1.54, 1.807) is 0 Å². The average Bonchev–Trinajstić information content (AvgIpc) is 2.26. The molecule has 0 radical (unpaired) electrons. The number of carbonyl (C=O) groups is 1. The van der Waals surface area contributed by atoms with Crippen molar-refractivity contribution in [3.05, 3.63) is 23.3 Å². The fourth-order valence-corrected chi connectivity index (χ4v) is 1.17. The third kappa shape index (κ3) is 2.82. The van der Waals surface area contributed by atoms with Crippen LogP contribution >= 0.6 is 0 Å². The van der Waals surface area contributed by atoms with E-state index in [0.717, 1.165) is 19.2 Å². The van der Waals surface area contributed by atoms with Crippen LogP contribution in [0.1, 0.15) is 15.9 Å². The Hall–Kier alpha value is -2.43. The number of esters is 1. The molecule has 0 aliphatic carbocycles. The Morgan fingerprint density at radius 3 is 2.50 bits per heavy atom. The number of carbonyl (C=O) groups excluding carboxylic acids is 1. The molecule has 0 saturated heterocycles. The summed E-state index contributed by atoms with van der Waals surface area (Å²) in [7, 11) is 0.915. The van der Waals surface area contributed by atoms with E-state index in [1.807, 2.05) is 0 Å². The number of benzene rings is 1. The van der Waals surface area contributed by atoms with E-state index in [0.29, 0.717) is 0 Å². The van der Waals surface area contributed by atoms with Crippen molar-refractivity contribution < 1.29 is 32.5 Å². The third-order valence-electron chi connectivity index (χ3n) is 1.88. The highest BCUT2D eigenvalue weighted by Crippen LogP contribution is 2.34. The first-order valence-corrected chi connectivity index (χ1v) is 4.40. The van der Waals surface area contributed by atoms with Crippen LogP contribution in [0, 0.1) is 11.3 Å². The molecule has 0 spiro atoms. The monoisotopic (exact) mass is 261 g/mol. The molecular weight excluding hydrogens is 255 g/mol. The topological polar surface area (TPSA) is 79.5 Å². The van der Waals surface area contributed by atoms with E-state index < -0.39 is 29.4 Å². The highest BCUT2D eigenvalue weighted by atomic mass is 19.4. The number of methoxy groups -OCH3 is 1. The van der Waals surface area contributed by atoms with Crippen LogP contribution in [-0.4, -0.2) is 24.5 Å². The number of phenols is 1. The predicted molar refractivity (Wildman–Crippen MR) is 50.8 cm³/mol. The minimum atomic E-state index is -5.04. The van der Waals surface area contributed by atoms with Crippen LogP contribution in [0.3, 0.4) is 0 Å². The summed E-state index contributed by atoms with van der Waals surface area (Å²) in [5, 5.41) is 18.1. The second-order valence-corrected chi connectivity index (χ2v) is 2.99. The minimum Gasteiger partial charge on any atom is -0.506 e. The maximum Gasteiger partial charge on any atom is 0.573 e. The molecule has 0 unspecified atom stereocenters. The number of alkyl halides is 3. The summed E-state index contributed by atoms with van der Waals surface area (Å²) in [6, 6.07) is 3.15. The number of halogens is 3. The number of phenolic OH excluding ortho intramolecular Hbond substituents is 1. The van der Waals surface area contributed by atoms with Gasteiger partial charge in [0.2, 0.25) is 0 Å². The molecule has 1 aromatic carbocycles. The van der Waals surface area contributed by atoms with Crippen LogP contribution < -0.4 is 4.74 Å². The average molecular weight is 261 g/mol. The number of nitrogens with zero attached hydrogens (tertiary/aromatic N) is 1. The van der Waals surface area contributed by atoms with Gasteiger partial charge >= 0.3 is 12.3 Å². The Bertz CT molecular complexity index is 519. The highest BCUT2D eigenvalue weighted by Gasteiger charge is 2.34. The molecule has 1 N–H and O–H groups in total. The lowest BCUT2D eigenvalue weighted by atomic mass is 10.1.